The summed E-state index contributed by atoms with van der Waals surface area (Å²) < 4.78 is 25.3. The first-order valence-electron chi connectivity index (χ1n) is 5.58. The molecule has 5 nitrogen and oxygen atoms in total. The van der Waals surface area contributed by atoms with Gasteiger partial charge in [0.2, 0.25) is 0 Å². The summed E-state index contributed by atoms with van der Waals surface area (Å²) in [5.41, 5.74) is 5.58. The van der Waals surface area contributed by atoms with Crippen molar-refractivity contribution in [1.29, 1.82) is 0 Å². The molecule has 0 aliphatic carbocycles. The van der Waals surface area contributed by atoms with Crippen LogP contribution in [0.25, 0.3) is 0 Å². The van der Waals surface area contributed by atoms with E-state index in [1.54, 1.807) is 0 Å². The van der Waals surface area contributed by atoms with E-state index in [1.807, 2.05) is 0 Å². The fourth-order valence-corrected chi connectivity index (χ4v) is 1.18. The molecule has 1 aromatic carbocycles. The summed E-state index contributed by atoms with van der Waals surface area (Å²) in [6, 6.07) is 2.04. The van der Waals surface area contributed by atoms with E-state index >= 15 is 0 Å². The molecule has 0 aromatic heterocycles. The third kappa shape index (κ3) is 2.87. The predicted molar refractivity (Wildman–Crippen MR) is 58.9 cm³/mol. The topological polar surface area (TPSA) is 81.8 Å². The third-order valence-electron chi connectivity index (χ3n) is 1.98. The Kier molecular flexibility index (Phi) is 3.18. The molecule has 88 valence electrons. The molecule has 0 heterocycles. The van der Waals surface area contributed by atoms with Crippen molar-refractivity contribution in [3.8, 4) is 11.5 Å². The van der Waals surface area contributed by atoms with Crippen LogP contribution in [-0.4, -0.2) is 31.3 Å². The molecule has 1 rings (SSSR count). The van der Waals surface area contributed by atoms with E-state index in [1.165, 1.54) is 32.4 Å². The van der Waals surface area contributed by atoms with Gasteiger partial charge in [-0.3, -0.25) is 4.79 Å². The van der Waals surface area contributed by atoms with Gasteiger partial charge in [0.1, 0.15) is 6.02 Å². The molecule has 0 unspecified atom stereocenters. The van der Waals surface area contributed by atoms with Gasteiger partial charge in [-0.15, -0.1) is 0 Å². The number of methoxy groups -OCH3 is 2. The lowest BCUT2D eigenvalue weighted by atomic mass is 10.1. The van der Waals surface area contributed by atoms with Gasteiger partial charge in [-0.1, -0.05) is 6.07 Å². The number of carboxylic acid groups (broad SMARTS) is 1. The minimum absolute atomic E-state index is 0.271. The second-order valence-electron chi connectivity index (χ2n) is 3.02. The van der Waals surface area contributed by atoms with Gasteiger partial charge in [0.05, 0.1) is 15.6 Å². The number of rotatable bonds is 5. The van der Waals surface area contributed by atoms with E-state index in [0.29, 0.717) is 11.5 Å². The highest BCUT2D eigenvalue weighted by molar-refractivity contribution is 5.73. The lowest BCUT2D eigenvalue weighted by Crippen LogP contribution is -2.32. The smallest absolute Gasteiger partial charge is 0.320 e. The Bertz CT molecular complexity index is 451. The van der Waals surface area contributed by atoms with E-state index in [0.717, 1.165) is 0 Å². The Morgan fingerprint density at radius 2 is 2.19 bits per heavy atom. The molecule has 0 amide bonds. The highest BCUT2D eigenvalue weighted by Crippen LogP contribution is 2.27. The van der Waals surface area contributed by atoms with Crippen LogP contribution in [0.15, 0.2) is 18.2 Å². The minimum Gasteiger partial charge on any atom is -0.493 e. The van der Waals surface area contributed by atoms with Crippen LogP contribution < -0.4 is 15.2 Å². The van der Waals surface area contributed by atoms with Crippen LogP contribution in [0.5, 0.6) is 11.5 Å². The Morgan fingerprint density at radius 3 is 2.69 bits per heavy atom. The summed E-state index contributed by atoms with van der Waals surface area (Å²) in [7, 11) is 2.89. The molecule has 0 spiro atoms. The molecule has 0 bridgehead atoms. The van der Waals surface area contributed by atoms with Crippen molar-refractivity contribution in [3.05, 3.63) is 23.8 Å². The monoisotopic (exact) mass is 227 g/mol. The first-order valence-corrected chi connectivity index (χ1v) is 4.51. The maximum atomic E-state index is 10.8. The van der Waals surface area contributed by atoms with Gasteiger partial charge in [0, 0.05) is 1.37 Å². The Hall–Kier alpha value is -1.75. The van der Waals surface area contributed by atoms with E-state index in [-0.39, 0.29) is 5.56 Å². The SMILES string of the molecule is [2H][C@@H](c1ccc(OC)c(OC)c1)[C@@]([2H])(N)C(=O)O. The molecular weight excluding hydrogens is 210 g/mol. The number of aliphatic carboxylic acids is 1. The van der Waals surface area contributed by atoms with Crippen LogP contribution in [0.3, 0.4) is 0 Å². The molecule has 5 heteroatoms. The molecule has 0 saturated carbocycles. The fourth-order valence-electron chi connectivity index (χ4n) is 1.18. The van der Waals surface area contributed by atoms with Crippen LogP contribution in [-0.2, 0) is 11.2 Å². The summed E-state index contributed by atoms with van der Waals surface area (Å²) >= 11 is 0. The standard InChI is InChI=1S/C11H15NO4/c1-15-9-4-3-7(6-10(9)16-2)5-8(12)11(13)14/h3-4,6,8H,5,12H2,1-2H3,(H,13,14)/t8-/m1/s1/i5D,8D/t5-,8+/m0. The minimum atomic E-state index is -2.42. The Balaban J connectivity index is 3.15. The van der Waals surface area contributed by atoms with E-state index in [2.05, 4.69) is 0 Å². The number of carboxylic acids is 1. The second kappa shape index (κ2) is 5.37. The summed E-state index contributed by atoms with van der Waals surface area (Å²) in [4.78, 5) is 10.8. The highest BCUT2D eigenvalue weighted by atomic mass is 16.5. The lowest BCUT2D eigenvalue weighted by Gasteiger charge is -2.11. The number of carbonyl (C=O) groups is 1. The van der Waals surface area contributed by atoms with Gasteiger partial charge in [0.15, 0.2) is 11.5 Å². The van der Waals surface area contributed by atoms with Gasteiger partial charge in [-0.05, 0) is 24.1 Å². The van der Waals surface area contributed by atoms with E-state index < -0.39 is 18.4 Å². The Morgan fingerprint density at radius 1 is 1.56 bits per heavy atom. The van der Waals surface area contributed by atoms with Crippen molar-refractivity contribution >= 4 is 5.97 Å². The van der Waals surface area contributed by atoms with Crippen molar-refractivity contribution in [3.63, 3.8) is 0 Å². The summed E-state index contributed by atoms with van der Waals surface area (Å²) in [5, 5.41) is 8.81. The second-order valence-corrected chi connectivity index (χ2v) is 3.02. The van der Waals surface area contributed by atoms with Crippen molar-refractivity contribution in [2.75, 3.05) is 14.2 Å². The average molecular weight is 227 g/mol. The van der Waals surface area contributed by atoms with Crippen LogP contribution in [0.4, 0.5) is 0 Å². The molecular formula is C11H15NO4. The summed E-state index contributed by atoms with van der Waals surface area (Å²) in [5.74, 6) is -0.748. The lowest BCUT2D eigenvalue weighted by molar-refractivity contribution is -0.138. The number of hydrogen-bond acceptors (Lipinski definition) is 4. The van der Waals surface area contributed by atoms with Gasteiger partial charge >= 0.3 is 5.97 Å². The van der Waals surface area contributed by atoms with E-state index in [4.69, 9.17) is 23.1 Å². The molecule has 1 aromatic rings. The van der Waals surface area contributed by atoms with Crippen molar-refractivity contribution < 1.29 is 22.1 Å². The van der Waals surface area contributed by atoms with E-state index in [9.17, 15) is 4.79 Å². The molecule has 3 N–H and O–H groups in total. The molecule has 0 aliphatic rings. The zero-order chi connectivity index (χ0) is 13.9. The van der Waals surface area contributed by atoms with Gasteiger partial charge in [-0.2, -0.15) is 0 Å². The zero-order valence-corrected chi connectivity index (χ0v) is 9.06. The maximum absolute atomic E-state index is 10.8. The van der Waals surface area contributed by atoms with Crippen LogP contribution in [0.2, 0.25) is 0 Å². The normalized spacial score (nSPS) is 17.7. The number of benzene rings is 1. The van der Waals surface area contributed by atoms with Gasteiger partial charge in [0.25, 0.3) is 0 Å². The number of hydrogen-bond donors (Lipinski definition) is 2. The molecule has 0 radical (unpaired) electrons. The molecule has 0 saturated heterocycles. The third-order valence-corrected chi connectivity index (χ3v) is 1.98. The summed E-state index contributed by atoms with van der Waals surface area (Å²) in [6.07, 6.45) is -1.44. The van der Waals surface area contributed by atoms with Crippen molar-refractivity contribution in [2.45, 2.75) is 12.4 Å². The molecule has 2 atom stereocenters. The van der Waals surface area contributed by atoms with Crippen LogP contribution in [0, 0.1) is 0 Å². The highest BCUT2D eigenvalue weighted by Gasteiger charge is 2.13. The molecule has 16 heavy (non-hydrogen) atoms. The fraction of sp³-hybridized carbons (Fsp3) is 0.364. The molecule has 0 aliphatic heterocycles. The van der Waals surface area contributed by atoms with Crippen molar-refractivity contribution in [1.82, 2.24) is 0 Å². The summed E-state index contributed by atoms with van der Waals surface area (Å²) in [6.45, 7) is 0. The van der Waals surface area contributed by atoms with Crippen LogP contribution >= 0.6 is 0 Å². The Labute approximate surface area is 96.6 Å². The number of nitrogens with two attached hydrogens (primary N) is 1. The zero-order valence-electron chi connectivity index (χ0n) is 11.1. The molecule has 0 fully saturated rings. The van der Waals surface area contributed by atoms with Gasteiger partial charge < -0.3 is 20.3 Å². The maximum Gasteiger partial charge on any atom is 0.320 e. The first kappa shape index (κ1) is 9.47. The quantitative estimate of drug-likeness (QED) is 0.772. The average Bonchev–Trinajstić information content (AvgIpc) is 2.36. The van der Waals surface area contributed by atoms with Crippen LogP contribution in [0.1, 0.15) is 8.30 Å². The predicted octanol–water partition coefficient (Wildman–Crippen LogP) is 0.658. The van der Waals surface area contributed by atoms with Gasteiger partial charge in [-0.25, -0.2) is 0 Å². The number of ether oxygens (including phenoxy) is 2. The first-order chi connectivity index (χ1) is 8.34. The van der Waals surface area contributed by atoms with Crippen molar-refractivity contribution in [2.24, 2.45) is 5.73 Å². The largest absolute Gasteiger partial charge is 0.493 e.